The molecule has 1 aromatic heterocycles. The summed E-state index contributed by atoms with van der Waals surface area (Å²) in [5.74, 6) is 0.662. The van der Waals surface area contributed by atoms with Gasteiger partial charge in [0, 0.05) is 24.9 Å². The second-order valence-corrected chi connectivity index (χ2v) is 8.13. The molecule has 4 rings (SSSR count). The molecule has 7 nitrogen and oxygen atoms in total. The number of anilines is 1. The SMILES string of the molecule is O=S(=O)(Nc1cc(C(F)(F)F)ccc1-n1cccn1)c1ccc2c(c1)OCCCO2. The second-order valence-electron chi connectivity index (χ2n) is 6.44. The molecule has 2 aromatic carbocycles. The van der Waals surface area contributed by atoms with E-state index in [1.54, 1.807) is 6.07 Å². The quantitative estimate of drug-likeness (QED) is 0.668. The van der Waals surface area contributed by atoms with Crippen LogP contribution in [0.4, 0.5) is 18.9 Å². The van der Waals surface area contributed by atoms with Crippen molar-refractivity contribution < 1.29 is 31.1 Å². The van der Waals surface area contributed by atoms with Crippen molar-refractivity contribution in [1.29, 1.82) is 0 Å². The summed E-state index contributed by atoms with van der Waals surface area (Å²) in [6.45, 7) is 0.801. The molecule has 0 aliphatic carbocycles. The zero-order valence-electron chi connectivity index (χ0n) is 15.4. The van der Waals surface area contributed by atoms with Crippen LogP contribution in [0.1, 0.15) is 12.0 Å². The lowest BCUT2D eigenvalue weighted by Crippen LogP contribution is -2.16. The first-order chi connectivity index (χ1) is 14.2. The van der Waals surface area contributed by atoms with Crippen LogP contribution in [0.3, 0.4) is 0 Å². The van der Waals surface area contributed by atoms with Gasteiger partial charge in [-0.05, 0) is 36.4 Å². The molecule has 30 heavy (non-hydrogen) atoms. The van der Waals surface area contributed by atoms with Crippen LogP contribution < -0.4 is 14.2 Å². The van der Waals surface area contributed by atoms with Crippen LogP contribution in [-0.2, 0) is 16.2 Å². The third-order valence-corrected chi connectivity index (χ3v) is 5.71. The largest absolute Gasteiger partial charge is 0.490 e. The van der Waals surface area contributed by atoms with E-state index in [0.29, 0.717) is 25.4 Å². The van der Waals surface area contributed by atoms with E-state index in [9.17, 15) is 21.6 Å². The number of sulfonamides is 1. The van der Waals surface area contributed by atoms with Crippen LogP contribution in [0.25, 0.3) is 5.69 Å². The van der Waals surface area contributed by atoms with Crippen LogP contribution in [0.15, 0.2) is 59.8 Å². The number of aromatic nitrogens is 2. The summed E-state index contributed by atoms with van der Waals surface area (Å²) < 4.78 is 80.0. The molecular formula is C19H16F3N3O4S. The van der Waals surface area contributed by atoms with Gasteiger partial charge in [-0.2, -0.15) is 18.3 Å². The van der Waals surface area contributed by atoms with Gasteiger partial charge in [0.1, 0.15) is 0 Å². The lowest BCUT2D eigenvalue weighted by molar-refractivity contribution is -0.137. The Labute approximate surface area is 170 Å². The van der Waals surface area contributed by atoms with Crippen LogP contribution in [0.2, 0.25) is 0 Å². The van der Waals surface area contributed by atoms with Crippen molar-refractivity contribution in [3.63, 3.8) is 0 Å². The molecule has 0 saturated carbocycles. The van der Waals surface area contributed by atoms with Crippen LogP contribution >= 0.6 is 0 Å². The van der Waals surface area contributed by atoms with Crippen molar-refractivity contribution in [2.75, 3.05) is 17.9 Å². The minimum Gasteiger partial charge on any atom is -0.490 e. The number of rotatable bonds is 4. The Morgan fingerprint density at radius 2 is 1.80 bits per heavy atom. The minimum atomic E-state index is -4.64. The molecule has 2 heterocycles. The smallest absolute Gasteiger partial charge is 0.416 e. The Kier molecular flexibility index (Phi) is 5.06. The van der Waals surface area contributed by atoms with E-state index in [0.717, 1.165) is 18.2 Å². The Morgan fingerprint density at radius 3 is 2.50 bits per heavy atom. The molecule has 0 amide bonds. The van der Waals surface area contributed by atoms with E-state index in [1.165, 1.54) is 35.3 Å². The summed E-state index contributed by atoms with van der Waals surface area (Å²) in [5.41, 5.74) is -1.11. The van der Waals surface area contributed by atoms with Crippen molar-refractivity contribution >= 4 is 15.7 Å². The molecule has 0 atom stereocenters. The molecule has 0 saturated heterocycles. The maximum Gasteiger partial charge on any atom is 0.416 e. The van der Waals surface area contributed by atoms with Crippen molar-refractivity contribution in [2.45, 2.75) is 17.5 Å². The molecule has 11 heteroatoms. The first-order valence-electron chi connectivity index (χ1n) is 8.88. The predicted octanol–water partition coefficient (Wildman–Crippen LogP) is 3.85. The summed E-state index contributed by atoms with van der Waals surface area (Å²) in [4.78, 5) is -0.171. The molecule has 0 unspecified atom stereocenters. The molecule has 158 valence electrons. The summed E-state index contributed by atoms with van der Waals surface area (Å²) >= 11 is 0. The number of halogens is 3. The number of hydrogen-bond acceptors (Lipinski definition) is 5. The van der Waals surface area contributed by atoms with Crippen molar-refractivity contribution in [3.05, 3.63) is 60.4 Å². The van der Waals surface area contributed by atoms with Crippen LogP contribution in [-0.4, -0.2) is 31.4 Å². The van der Waals surface area contributed by atoms with Gasteiger partial charge in [0.15, 0.2) is 11.5 Å². The number of alkyl halides is 3. The Morgan fingerprint density at radius 1 is 1.03 bits per heavy atom. The van der Waals surface area contributed by atoms with Gasteiger partial charge in [-0.25, -0.2) is 13.1 Å². The third kappa shape index (κ3) is 4.06. The predicted molar refractivity (Wildman–Crippen MR) is 101 cm³/mol. The van der Waals surface area contributed by atoms with E-state index in [1.807, 2.05) is 0 Å². The minimum absolute atomic E-state index is 0.144. The number of benzene rings is 2. The standard InChI is InChI=1S/C19H16F3N3O4S/c20-19(21,22)13-3-5-16(25-8-1-7-23-25)15(11-13)24-30(26,27)14-4-6-17-18(12-14)29-10-2-9-28-17/h1,3-8,11-12,24H,2,9-10H2. The number of nitrogens with zero attached hydrogens (tertiary/aromatic N) is 2. The molecule has 0 spiro atoms. The van der Waals surface area contributed by atoms with Crippen LogP contribution in [0, 0.1) is 0 Å². The summed E-state index contributed by atoms with van der Waals surface area (Å²) in [6.07, 6.45) is -1.07. The van der Waals surface area contributed by atoms with Gasteiger partial charge in [0.25, 0.3) is 10.0 Å². The van der Waals surface area contributed by atoms with Gasteiger partial charge >= 0.3 is 6.18 Å². The van der Waals surface area contributed by atoms with Gasteiger partial charge in [-0.3, -0.25) is 4.72 Å². The topological polar surface area (TPSA) is 82.5 Å². The molecule has 1 N–H and O–H groups in total. The molecule has 0 radical (unpaired) electrons. The molecule has 0 fully saturated rings. The van der Waals surface area contributed by atoms with Gasteiger partial charge < -0.3 is 9.47 Å². The van der Waals surface area contributed by atoms with E-state index in [4.69, 9.17) is 9.47 Å². The lowest BCUT2D eigenvalue weighted by atomic mass is 10.1. The van der Waals surface area contributed by atoms with Crippen molar-refractivity contribution in [3.8, 4) is 17.2 Å². The van der Waals surface area contributed by atoms with Gasteiger partial charge in [-0.15, -0.1) is 0 Å². The van der Waals surface area contributed by atoms with Gasteiger partial charge in [-0.1, -0.05) is 0 Å². The number of fused-ring (bicyclic) bond motifs is 1. The van der Waals surface area contributed by atoms with Crippen molar-refractivity contribution in [2.24, 2.45) is 0 Å². The maximum absolute atomic E-state index is 13.2. The highest BCUT2D eigenvalue weighted by Crippen LogP contribution is 2.35. The lowest BCUT2D eigenvalue weighted by Gasteiger charge is -2.16. The fourth-order valence-corrected chi connectivity index (χ4v) is 4.00. The average molecular weight is 439 g/mol. The highest BCUT2D eigenvalue weighted by Gasteiger charge is 2.32. The average Bonchev–Trinajstić information content (AvgIpc) is 3.11. The van der Waals surface area contributed by atoms with E-state index in [-0.39, 0.29) is 22.0 Å². The zero-order chi connectivity index (χ0) is 21.4. The van der Waals surface area contributed by atoms with Crippen molar-refractivity contribution in [1.82, 2.24) is 9.78 Å². The fraction of sp³-hybridized carbons (Fsp3) is 0.211. The molecule has 3 aromatic rings. The Bertz CT molecular complexity index is 1160. The Hall–Kier alpha value is -3.21. The van der Waals surface area contributed by atoms with Gasteiger partial charge in [0.2, 0.25) is 0 Å². The number of nitrogens with one attached hydrogen (secondary N) is 1. The first kappa shape index (κ1) is 20.1. The van der Waals surface area contributed by atoms with Crippen LogP contribution in [0.5, 0.6) is 11.5 Å². The first-order valence-corrected chi connectivity index (χ1v) is 10.4. The van der Waals surface area contributed by atoms with E-state index >= 15 is 0 Å². The molecular weight excluding hydrogens is 423 g/mol. The van der Waals surface area contributed by atoms with E-state index in [2.05, 4.69) is 9.82 Å². The molecule has 1 aliphatic rings. The van der Waals surface area contributed by atoms with E-state index < -0.39 is 21.8 Å². The monoisotopic (exact) mass is 439 g/mol. The normalized spacial score (nSPS) is 14.2. The number of ether oxygens (including phenoxy) is 2. The second kappa shape index (κ2) is 7.56. The summed E-state index contributed by atoms with van der Waals surface area (Å²) in [7, 11) is -4.23. The highest BCUT2D eigenvalue weighted by molar-refractivity contribution is 7.92. The Balaban J connectivity index is 1.74. The van der Waals surface area contributed by atoms with Gasteiger partial charge in [0.05, 0.1) is 35.0 Å². The third-order valence-electron chi connectivity index (χ3n) is 4.35. The fourth-order valence-electron chi connectivity index (χ4n) is 2.92. The molecule has 0 bridgehead atoms. The highest BCUT2D eigenvalue weighted by atomic mass is 32.2. The maximum atomic E-state index is 13.2. The summed E-state index contributed by atoms with van der Waals surface area (Å²) in [5, 5.41) is 3.97. The zero-order valence-corrected chi connectivity index (χ0v) is 16.2. The summed E-state index contributed by atoms with van der Waals surface area (Å²) in [6, 6.07) is 8.36. The molecule has 1 aliphatic heterocycles. The number of hydrogen-bond donors (Lipinski definition) is 1.